The van der Waals surface area contributed by atoms with Crippen molar-refractivity contribution in [3.63, 3.8) is 0 Å². The van der Waals surface area contributed by atoms with E-state index in [1.807, 2.05) is 0 Å². The second-order valence-corrected chi connectivity index (χ2v) is 4.64. The fourth-order valence-electron chi connectivity index (χ4n) is 1.50. The summed E-state index contributed by atoms with van der Waals surface area (Å²) >= 11 is 3.12. The molecular formula is C13H6BrFN2O3. The predicted octanol–water partition coefficient (Wildman–Crippen LogP) is 4.16. The Hall–Kier alpha value is -2.46. The van der Waals surface area contributed by atoms with Crippen LogP contribution in [0.2, 0.25) is 0 Å². The van der Waals surface area contributed by atoms with Crippen LogP contribution in [0.15, 0.2) is 40.9 Å². The molecule has 0 amide bonds. The molecule has 0 saturated carbocycles. The van der Waals surface area contributed by atoms with Crippen LogP contribution in [0.5, 0.6) is 11.5 Å². The lowest BCUT2D eigenvalue weighted by atomic mass is 10.2. The maximum Gasteiger partial charge on any atom is 0.312 e. The fourth-order valence-corrected chi connectivity index (χ4v) is 1.85. The molecule has 7 heteroatoms. The summed E-state index contributed by atoms with van der Waals surface area (Å²) in [5.41, 5.74) is -0.369. The van der Waals surface area contributed by atoms with Gasteiger partial charge in [-0.05, 0) is 24.3 Å². The van der Waals surface area contributed by atoms with E-state index in [-0.39, 0.29) is 22.7 Å². The monoisotopic (exact) mass is 336 g/mol. The van der Waals surface area contributed by atoms with E-state index in [1.54, 1.807) is 12.1 Å². The van der Waals surface area contributed by atoms with Gasteiger partial charge in [0.1, 0.15) is 17.6 Å². The van der Waals surface area contributed by atoms with Crippen molar-refractivity contribution in [2.75, 3.05) is 0 Å². The Labute approximate surface area is 121 Å². The number of halogens is 2. The number of hydrogen-bond donors (Lipinski definition) is 0. The third kappa shape index (κ3) is 2.92. The molecule has 20 heavy (non-hydrogen) atoms. The zero-order valence-electron chi connectivity index (χ0n) is 9.84. The van der Waals surface area contributed by atoms with Crippen LogP contribution < -0.4 is 4.74 Å². The highest BCUT2D eigenvalue weighted by atomic mass is 79.9. The lowest BCUT2D eigenvalue weighted by Crippen LogP contribution is -1.94. The molecular weight excluding hydrogens is 331 g/mol. The highest BCUT2D eigenvalue weighted by Gasteiger charge is 2.16. The third-order valence-corrected chi connectivity index (χ3v) is 2.90. The molecule has 0 unspecified atom stereocenters. The van der Waals surface area contributed by atoms with E-state index in [0.29, 0.717) is 4.47 Å². The first-order chi connectivity index (χ1) is 9.51. The van der Waals surface area contributed by atoms with Gasteiger partial charge in [-0.1, -0.05) is 15.9 Å². The van der Waals surface area contributed by atoms with Gasteiger partial charge in [-0.15, -0.1) is 0 Å². The molecule has 0 bridgehead atoms. The summed E-state index contributed by atoms with van der Waals surface area (Å²) in [6.45, 7) is 0. The number of nitro benzene ring substituents is 1. The van der Waals surface area contributed by atoms with Gasteiger partial charge in [-0.2, -0.15) is 5.26 Å². The summed E-state index contributed by atoms with van der Waals surface area (Å²) in [6, 6.07) is 9.56. The fraction of sp³-hybridized carbons (Fsp3) is 0. The molecule has 100 valence electrons. The summed E-state index contributed by atoms with van der Waals surface area (Å²) in [7, 11) is 0. The van der Waals surface area contributed by atoms with Gasteiger partial charge < -0.3 is 4.74 Å². The van der Waals surface area contributed by atoms with Gasteiger partial charge in [0.15, 0.2) is 0 Å². The summed E-state index contributed by atoms with van der Waals surface area (Å²) < 4.78 is 19.3. The molecule has 0 atom stereocenters. The molecule has 2 aromatic rings. The van der Waals surface area contributed by atoms with E-state index in [0.717, 1.165) is 6.07 Å². The number of ether oxygens (including phenoxy) is 1. The van der Waals surface area contributed by atoms with E-state index in [9.17, 15) is 14.5 Å². The molecule has 0 N–H and O–H groups in total. The van der Waals surface area contributed by atoms with Crippen molar-refractivity contribution in [1.29, 1.82) is 5.26 Å². The summed E-state index contributed by atoms with van der Waals surface area (Å²) in [5.74, 6) is -0.681. The highest BCUT2D eigenvalue weighted by molar-refractivity contribution is 9.10. The number of nitriles is 1. The van der Waals surface area contributed by atoms with E-state index in [4.69, 9.17) is 10.00 Å². The van der Waals surface area contributed by atoms with Gasteiger partial charge in [0.2, 0.25) is 5.75 Å². The largest absolute Gasteiger partial charge is 0.450 e. The van der Waals surface area contributed by atoms with E-state index < -0.39 is 10.7 Å². The summed E-state index contributed by atoms with van der Waals surface area (Å²) in [6.07, 6.45) is 0. The van der Waals surface area contributed by atoms with Crippen molar-refractivity contribution < 1.29 is 14.1 Å². The van der Waals surface area contributed by atoms with Gasteiger partial charge in [0, 0.05) is 16.6 Å². The van der Waals surface area contributed by atoms with Crippen molar-refractivity contribution in [2.24, 2.45) is 0 Å². The molecule has 5 nitrogen and oxygen atoms in total. The molecule has 2 aromatic carbocycles. The zero-order chi connectivity index (χ0) is 14.7. The van der Waals surface area contributed by atoms with E-state index >= 15 is 0 Å². The van der Waals surface area contributed by atoms with Gasteiger partial charge in [-0.3, -0.25) is 10.1 Å². The first-order valence-electron chi connectivity index (χ1n) is 5.32. The molecule has 0 fully saturated rings. The van der Waals surface area contributed by atoms with Crippen LogP contribution in [0.25, 0.3) is 0 Å². The van der Waals surface area contributed by atoms with Crippen LogP contribution in [0.1, 0.15) is 5.56 Å². The minimum Gasteiger partial charge on any atom is -0.450 e. The quantitative estimate of drug-likeness (QED) is 0.622. The Balaban J connectivity index is 2.38. The van der Waals surface area contributed by atoms with Crippen LogP contribution in [0.3, 0.4) is 0 Å². The molecule has 0 aromatic heterocycles. The maximum atomic E-state index is 13.4. The molecule has 0 spiro atoms. The summed E-state index contributed by atoms with van der Waals surface area (Å²) in [4.78, 5) is 10.3. The molecule has 0 aliphatic heterocycles. The smallest absolute Gasteiger partial charge is 0.312 e. The van der Waals surface area contributed by atoms with Crippen molar-refractivity contribution >= 4 is 21.6 Å². The molecule has 0 aliphatic rings. The van der Waals surface area contributed by atoms with Gasteiger partial charge >= 0.3 is 5.69 Å². The summed E-state index contributed by atoms with van der Waals surface area (Å²) in [5, 5.41) is 19.5. The van der Waals surface area contributed by atoms with E-state index in [2.05, 4.69) is 15.9 Å². The molecule has 0 saturated heterocycles. The van der Waals surface area contributed by atoms with Crippen LogP contribution >= 0.6 is 15.9 Å². The number of benzene rings is 2. The Kier molecular flexibility index (Phi) is 3.96. The standard InChI is InChI=1S/C13H6BrFN2O3/c14-9-2-4-13(12(5-9)17(18)19)20-10-3-1-8(7-16)11(15)6-10/h1-6H. The number of rotatable bonds is 3. The third-order valence-electron chi connectivity index (χ3n) is 2.41. The van der Waals surface area contributed by atoms with Crippen LogP contribution in [-0.4, -0.2) is 4.92 Å². The van der Waals surface area contributed by atoms with Gasteiger partial charge in [0.25, 0.3) is 0 Å². The topological polar surface area (TPSA) is 76.2 Å². The number of hydrogen-bond acceptors (Lipinski definition) is 4. The minimum atomic E-state index is -0.746. The minimum absolute atomic E-state index is 0.0118. The number of nitro groups is 1. The van der Waals surface area contributed by atoms with Crippen LogP contribution in [0, 0.1) is 27.3 Å². The molecule has 0 heterocycles. The molecule has 0 radical (unpaired) electrons. The first kappa shape index (κ1) is 14.0. The predicted molar refractivity (Wildman–Crippen MR) is 72.0 cm³/mol. The number of nitrogens with zero attached hydrogens (tertiary/aromatic N) is 2. The average molecular weight is 337 g/mol. The van der Waals surface area contributed by atoms with Crippen molar-refractivity contribution in [3.05, 3.63) is 62.4 Å². The van der Waals surface area contributed by atoms with Crippen molar-refractivity contribution in [3.8, 4) is 17.6 Å². The molecule has 2 rings (SSSR count). The molecule has 0 aliphatic carbocycles. The van der Waals surface area contributed by atoms with Gasteiger partial charge in [0.05, 0.1) is 10.5 Å². The Morgan fingerprint density at radius 1 is 1.30 bits per heavy atom. The normalized spacial score (nSPS) is 9.85. The second-order valence-electron chi connectivity index (χ2n) is 3.72. The van der Waals surface area contributed by atoms with Gasteiger partial charge in [-0.25, -0.2) is 4.39 Å². The SMILES string of the molecule is N#Cc1ccc(Oc2ccc(Br)cc2[N+](=O)[O-])cc1F. The zero-order valence-corrected chi connectivity index (χ0v) is 11.4. The lowest BCUT2D eigenvalue weighted by molar-refractivity contribution is -0.385. The average Bonchev–Trinajstić information content (AvgIpc) is 2.41. The first-order valence-corrected chi connectivity index (χ1v) is 6.12. The second kappa shape index (κ2) is 5.67. The Bertz CT molecular complexity index is 728. The Morgan fingerprint density at radius 3 is 2.65 bits per heavy atom. The Morgan fingerprint density at radius 2 is 2.05 bits per heavy atom. The van der Waals surface area contributed by atoms with Crippen molar-refractivity contribution in [1.82, 2.24) is 0 Å². The van der Waals surface area contributed by atoms with E-state index in [1.165, 1.54) is 24.3 Å². The van der Waals surface area contributed by atoms with Crippen LogP contribution in [-0.2, 0) is 0 Å². The maximum absolute atomic E-state index is 13.4. The lowest BCUT2D eigenvalue weighted by Gasteiger charge is -2.07. The highest BCUT2D eigenvalue weighted by Crippen LogP contribution is 2.34. The van der Waals surface area contributed by atoms with Crippen molar-refractivity contribution in [2.45, 2.75) is 0 Å². The van der Waals surface area contributed by atoms with Crippen LogP contribution in [0.4, 0.5) is 10.1 Å².